The van der Waals surface area contributed by atoms with Gasteiger partial charge in [0.2, 0.25) is 23.6 Å². The predicted octanol–water partition coefficient (Wildman–Crippen LogP) is 5.69. The number of hydrogen-bond donors (Lipinski definition) is 6. The molecule has 4 aliphatic heterocycles. The van der Waals surface area contributed by atoms with Crippen LogP contribution in [-0.4, -0.2) is 111 Å². The van der Waals surface area contributed by atoms with Crippen LogP contribution in [0.15, 0.2) is 79.0 Å². The Labute approximate surface area is 403 Å². The summed E-state index contributed by atoms with van der Waals surface area (Å²) < 4.78 is 17.1. The van der Waals surface area contributed by atoms with E-state index in [4.69, 9.17) is 25.8 Å². The molecule has 0 bridgehead atoms. The predicted molar refractivity (Wildman–Crippen MR) is 258 cm³/mol. The van der Waals surface area contributed by atoms with E-state index in [0.717, 1.165) is 60.2 Å². The topological polar surface area (TPSA) is 188 Å². The zero-order valence-electron chi connectivity index (χ0n) is 38.7. The third-order valence-corrected chi connectivity index (χ3v) is 15.4. The average molecular weight is 951 g/mol. The second-order valence-electron chi connectivity index (χ2n) is 19.1. The van der Waals surface area contributed by atoms with Gasteiger partial charge in [0.15, 0.2) is 0 Å². The van der Waals surface area contributed by atoms with Crippen LogP contribution in [0.4, 0.5) is 11.4 Å². The van der Waals surface area contributed by atoms with E-state index in [2.05, 4.69) is 38.5 Å². The molecule has 4 atom stereocenters. The molecule has 2 saturated carbocycles. The van der Waals surface area contributed by atoms with E-state index >= 15 is 0 Å². The second kappa shape index (κ2) is 21.1. The number of benzene rings is 3. The smallest absolute Gasteiger partial charge is 0.255 e. The molecule has 68 heavy (non-hydrogen) atoms. The number of allylic oxidation sites excluding steroid dienone is 1. The van der Waals surface area contributed by atoms with Crippen molar-refractivity contribution in [3.8, 4) is 0 Å². The highest BCUT2D eigenvalue weighted by molar-refractivity contribution is 6.31. The van der Waals surface area contributed by atoms with Crippen molar-refractivity contribution in [2.24, 2.45) is 5.92 Å². The van der Waals surface area contributed by atoms with Gasteiger partial charge in [0.1, 0.15) is 11.5 Å². The average Bonchev–Trinajstić information content (AvgIpc) is 3.94. The summed E-state index contributed by atoms with van der Waals surface area (Å²) in [6, 6.07) is 20.0. The lowest BCUT2D eigenvalue weighted by Gasteiger charge is -2.47. The number of carbonyl (C=O) groups excluding carboxylic acids is 5. The monoisotopic (exact) mass is 949 g/mol. The van der Waals surface area contributed by atoms with Crippen LogP contribution in [0.3, 0.4) is 0 Å². The highest BCUT2D eigenvalue weighted by Crippen LogP contribution is 2.62. The van der Waals surface area contributed by atoms with Gasteiger partial charge >= 0.3 is 0 Å². The van der Waals surface area contributed by atoms with Crippen molar-refractivity contribution in [3.05, 3.63) is 106 Å². The van der Waals surface area contributed by atoms with Crippen LogP contribution >= 0.6 is 11.6 Å². The first-order chi connectivity index (χ1) is 33.1. The molecule has 2 aliphatic carbocycles. The summed E-state index contributed by atoms with van der Waals surface area (Å²) in [6.45, 7) is 7.61. The van der Waals surface area contributed by atoms with E-state index in [0.29, 0.717) is 114 Å². The molecule has 4 heterocycles. The number of piperidine rings is 1. The largest absolute Gasteiger partial charge is 0.382 e. The van der Waals surface area contributed by atoms with Crippen molar-refractivity contribution in [3.63, 3.8) is 0 Å². The minimum absolute atomic E-state index is 0.00238. The van der Waals surface area contributed by atoms with E-state index in [1.807, 2.05) is 60.7 Å². The van der Waals surface area contributed by atoms with Gasteiger partial charge in [-0.2, -0.15) is 0 Å². The highest BCUT2D eigenvalue weighted by Gasteiger charge is 2.72. The Morgan fingerprint density at radius 2 is 1.51 bits per heavy atom. The molecular formula is C52H64ClN7O8. The number of nitrogens with zero attached hydrogens (tertiary/aromatic N) is 1. The van der Waals surface area contributed by atoms with Crippen LogP contribution < -0.4 is 31.9 Å². The van der Waals surface area contributed by atoms with Gasteiger partial charge in [-0.1, -0.05) is 79.9 Å². The third-order valence-electron chi connectivity index (χ3n) is 15.1. The zero-order chi connectivity index (χ0) is 47.3. The molecule has 5 amide bonds. The molecule has 4 fully saturated rings. The molecule has 2 saturated heterocycles. The number of anilines is 2. The number of rotatable bonds is 18. The third kappa shape index (κ3) is 9.52. The Morgan fingerprint density at radius 1 is 0.794 bits per heavy atom. The lowest BCUT2D eigenvalue weighted by atomic mass is 9.55. The zero-order valence-corrected chi connectivity index (χ0v) is 39.4. The highest BCUT2D eigenvalue weighted by atomic mass is 35.5. The molecule has 9 rings (SSSR count). The molecule has 0 aromatic heterocycles. The van der Waals surface area contributed by atoms with Crippen molar-refractivity contribution < 1.29 is 38.2 Å². The van der Waals surface area contributed by atoms with Gasteiger partial charge in [0, 0.05) is 76.3 Å². The molecule has 6 aliphatic rings. The number of ether oxygens (including phenoxy) is 3. The lowest BCUT2D eigenvalue weighted by Crippen LogP contribution is -2.60. The SMILES string of the molecule is C=C1CCC(N2Cc3c(NCCOCCOCCOCCNC(=O)C4CCC(NC(=O)[C@@H]5NC6(CCCCC6)[C@@]6(C(=O)Nc7cc(Cl)ccc76)[C@H]5c5ccccc5)CC4)cccc3C2=O)C(=O)N1. The fourth-order valence-electron chi connectivity index (χ4n) is 12.0. The summed E-state index contributed by atoms with van der Waals surface area (Å²) in [5.74, 6) is -1.07. The Hall–Kier alpha value is -5.32. The van der Waals surface area contributed by atoms with Crippen molar-refractivity contribution in [2.75, 3.05) is 63.4 Å². The van der Waals surface area contributed by atoms with E-state index in [9.17, 15) is 24.0 Å². The Balaban J connectivity index is 0.659. The minimum Gasteiger partial charge on any atom is -0.382 e. The van der Waals surface area contributed by atoms with Gasteiger partial charge in [-0.15, -0.1) is 0 Å². The first-order valence-electron chi connectivity index (χ1n) is 24.5. The summed E-state index contributed by atoms with van der Waals surface area (Å²) in [5, 5.41) is 20.1. The number of halogens is 1. The van der Waals surface area contributed by atoms with Gasteiger partial charge in [-0.3, -0.25) is 29.3 Å². The van der Waals surface area contributed by atoms with E-state index in [-0.39, 0.29) is 41.5 Å². The van der Waals surface area contributed by atoms with Crippen LogP contribution in [0.5, 0.6) is 0 Å². The number of carbonyl (C=O) groups is 5. The number of hydrogen-bond acceptors (Lipinski definition) is 10. The van der Waals surface area contributed by atoms with Crippen molar-refractivity contribution >= 4 is 52.5 Å². The number of nitrogens with one attached hydrogen (secondary N) is 6. The van der Waals surface area contributed by atoms with E-state index in [1.54, 1.807) is 11.0 Å². The summed E-state index contributed by atoms with van der Waals surface area (Å²) >= 11 is 6.44. The lowest BCUT2D eigenvalue weighted by molar-refractivity contribution is -0.127. The van der Waals surface area contributed by atoms with Crippen LogP contribution in [0.25, 0.3) is 0 Å². The van der Waals surface area contributed by atoms with Crippen LogP contribution in [0.1, 0.15) is 104 Å². The van der Waals surface area contributed by atoms with Crippen LogP contribution in [0, 0.1) is 5.92 Å². The minimum atomic E-state index is -0.993. The summed E-state index contributed by atoms with van der Waals surface area (Å²) in [6.07, 6.45) is 8.55. The summed E-state index contributed by atoms with van der Waals surface area (Å²) in [5.41, 5.74) is 4.03. The van der Waals surface area contributed by atoms with Crippen molar-refractivity contribution in [1.82, 2.24) is 26.2 Å². The summed E-state index contributed by atoms with van der Waals surface area (Å²) in [4.78, 5) is 69.6. The van der Waals surface area contributed by atoms with Crippen LogP contribution in [-0.2, 0) is 45.3 Å². The van der Waals surface area contributed by atoms with Crippen LogP contribution in [0.2, 0.25) is 5.02 Å². The molecule has 15 nitrogen and oxygen atoms in total. The van der Waals surface area contributed by atoms with Gasteiger partial charge in [0.05, 0.1) is 45.7 Å². The fourth-order valence-corrected chi connectivity index (χ4v) is 12.1. The standard InChI is InChI=1S/C52H64ClN7O8/c1-33-13-20-43(47(62)56-33)60-32-39-38(49(60)64)11-8-12-41(39)54-23-25-66-27-29-68-30-28-67-26-24-55-46(61)35-14-17-37(18-15-35)57-48(63)45-44(34-9-4-2-5-10-34)52(51(59-45)21-6-3-7-22-51)40-19-16-36(53)31-42(40)58-50(52)65/h2,4-5,8-12,16,19,31,35,37,43-45,54,59H,1,3,6-7,13-15,17-18,20-30,32H2,(H,55,61)(H,56,62)(H,57,63)(H,58,65)/t35?,37?,43?,44-,45+,52+/m0/s1. The second-order valence-corrected chi connectivity index (χ2v) is 19.6. The fraction of sp³-hybridized carbons (Fsp3) is 0.519. The van der Waals surface area contributed by atoms with E-state index < -0.39 is 29.0 Å². The van der Waals surface area contributed by atoms with Gasteiger partial charge < -0.3 is 45.7 Å². The molecule has 2 spiro atoms. The molecule has 3 aromatic rings. The number of fused-ring (bicyclic) bond motifs is 4. The molecule has 6 N–H and O–H groups in total. The van der Waals surface area contributed by atoms with Gasteiger partial charge in [-0.05, 0) is 86.8 Å². The maximum Gasteiger partial charge on any atom is 0.255 e. The first-order valence-corrected chi connectivity index (χ1v) is 24.9. The molecule has 3 aromatic carbocycles. The normalized spacial score (nSPS) is 26.1. The van der Waals surface area contributed by atoms with Gasteiger partial charge in [-0.25, -0.2) is 0 Å². The molecule has 0 radical (unpaired) electrons. The van der Waals surface area contributed by atoms with Gasteiger partial charge in [0.25, 0.3) is 5.91 Å². The van der Waals surface area contributed by atoms with E-state index in [1.165, 1.54) is 0 Å². The quantitative estimate of drug-likeness (QED) is 0.0866. The molecule has 16 heteroatoms. The number of amides is 5. The molecular weight excluding hydrogens is 886 g/mol. The first kappa shape index (κ1) is 47.7. The molecule has 1 unspecified atom stereocenters. The Kier molecular flexibility index (Phi) is 14.8. The Morgan fingerprint density at radius 3 is 2.25 bits per heavy atom. The molecule has 362 valence electrons. The Bertz CT molecular complexity index is 2370. The maximum absolute atomic E-state index is 14.6. The maximum atomic E-state index is 14.6. The summed E-state index contributed by atoms with van der Waals surface area (Å²) in [7, 11) is 0. The van der Waals surface area contributed by atoms with Crippen molar-refractivity contribution in [2.45, 2.75) is 112 Å². The van der Waals surface area contributed by atoms with Crippen molar-refractivity contribution in [1.29, 1.82) is 0 Å².